The van der Waals surface area contributed by atoms with Gasteiger partial charge < -0.3 is 5.32 Å². The molecule has 0 saturated carbocycles. The van der Waals surface area contributed by atoms with Gasteiger partial charge in [-0.1, -0.05) is 28.1 Å². The van der Waals surface area contributed by atoms with Crippen molar-refractivity contribution in [3.63, 3.8) is 0 Å². The molecule has 0 saturated heterocycles. The Bertz CT molecular complexity index is 467. The largest absolute Gasteiger partial charge is 0.319 e. The summed E-state index contributed by atoms with van der Waals surface area (Å²) in [6.07, 6.45) is 2.34. The van der Waals surface area contributed by atoms with E-state index in [2.05, 4.69) is 62.3 Å². The van der Waals surface area contributed by atoms with Crippen LogP contribution in [0, 0.1) is 0 Å². The van der Waals surface area contributed by atoms with Gasteiger partial charge in [0.1, 0.15) is 0 Å². The standard InChI is InChI=1S/C15H18BrNS/c1-17-10-14(6-5-12-7-8-18-11-12)13-3-2-4-15(16)9-13/h2-4,7-9,11,14,17H,5-6,10H2,1H3. The number of likely N-dealkylation sites (N-methyl/N-ethyl adjacent to an activating group) is 1. The van der Waals surface area contributed by atoms with Crippen LogP contribution >= 0.6 is 27.3 Å². The maximum Gasteiger partial charge on any atom is 0.0178 e. The van der Waals surface area contributed by atoms with E-state index in [0.717, 1.165) is 17.4 Å². The van der Waals surface area contributed by atoms with Gasteiger partial charge in [0.05, 0.1) is 0 Å². The van der Waals surface area contributed by atoms with E-state index in [1.54, 1.807) is 11.3 Å². The van der Waals surface area contributed by atoms with Crippen molar-refractivity contribution in [1.82, 2.24) is 5.32 Å². The van der Waals surface area contributed by atoms with Crippen LogP contribution in [-0.2, 0) is 6.42 Å². The summed E-state index contributed by atoms with van der Waals surface area (Å²) >= 11 is 5.33. The first kappa shape index (κ1) is 13.8. The summed E-state index contributed by atoms with van der Waals surface area (Å²) in [5.74, 6) is 0.576. The van der Waals surface area contributed by atoms with Gasteiger partial charge >= 0.3 is 0 Å². The van der Waals surface area contributed by atoms with Crippen LogP contribution in [0.1, 0.15) is 23.5 Å². The lowest BCUT2D eigenvalue weighted by Gasteiger charge is -2.17. The Morgan fingerprint density at radius 2 is 2.22 bits per heavy atom. The molecular weight excluding hydrogens is 306 g/mol. The number of benzene rings is 1. The monoisotopic (exact) mass is 323 g/mol. The van der Waals surface area contributed by atoms with Crippen LogP contribution in [-0.4, -0.2) is 13.6 Å². The molecule has 1 aromatic heterocycles. The topological polar surface area (TPSA) is 12.0 Å². The van der Waals surface area contributed by atoms with E-state index in [4.69, 9.17) is 0 Å². The maximum absolute atomic E-state index is 3.55. The highest BCUT2D eigenvalue weighted by molar-refractivity contribution is 9.10. The molecule has 2 aromatic rings. The summed E-state index contributed by atoms with van der Waals surface area (Å²) in [6.45, 7) is 1.03. The molecular formula is C15H18BrNS. The zero-order valence-corrected chi connectivity index (χ0v) is 12.9. The first-order valence-corrected chi connectivity index (χ1v) is 7.94. The fourth-order valence-electron chi connectivity index (χ4n) is 2.17. The second-order valence-electron chi connectivity index (χ2n) is 4.48. The fourth-order valence-corrected chi connectivity index (χ4v) is 3.29. The van der Waals surface area contributed by atoms with Gasteiger partial charge in [-0.3, -0.25) is 0 Å². The molecule has 1 atom stereocenters. The lowest BCUT2D eigenvalue weighted by molar-refractivity contribution is 0.584. The minimum atomic E-state index is 0.576. The molecule has 0 bridgehead atoms. The SMILES string of the molecule is CNCC(CCc1ccsc1)c1cccc(Br)c1. The first-order chi connectivity index (χ1) is 8.79. The Balaban J connectivity index is 2.03. The third-order valence-corrected chi connectivity index (χ3v) is 4.36. The highest BCUT2D eigenvalue weighted by Gasteiger charge is 2.11. The van der Waals surface area contributed by atoms with Crippen LogP contribution in [0.15, 0.2) is 45.6 Å². The molecule has 3 heteroatoms. The molecule has 0 aliphatic rings. The van der Waals surface area contributed by atoms with Gasteiger partial charge in [-0.2, -0.15) is 11.3 Å². The van der Waals surface area contributed by atoms with Gasteiger partial charge in [0, 0.05) is 11.0 Å². The van der Waals surface area contributed by atoms with Crippen molar-refractivity contribution in [2.24, 2.45) is 0 Å². The Morgan fingerprint density at radius 3 is 2.89 bits per heavy atom. The van der Waals surface area contributed by atoms with Crippen LogP contribution in [0.4, 0.5) is 0 Å². The molecule has 0 aliphatic heterocycles. The van der Waals surface area contributed by atoms with Crippen LogP contribution in [0.3, 0.4) is 0 Å². The Kier molecular flexibility index (Phi) is 5.42. The van der Waals surface area contributed by atoms with Crippen LogP contribution in [0.25, 0.3) is 0 Å². The zero-order valence-electron chi connectivity index (χ0n) is 10.5. The second-order valence-corrected chi connectivity index (χ2v) is 6.18. The average Bonchev–Trinajstić information content (AvgIpc) is 2.87. The van der Waals surface area contributed by atoms with Gasteiger partial charge in [0.2, 0.25) is 0 Å². The summed E-state index contributed by atoms with van der Waals surface area (Å²) in [6, 6.07) is 10.9. The number of nitrogens with one attached hydrogen (secondary N) is 1. The number of halogens is 1. The quantitative estimate of drug-likeness (QED) is 0.828. The molecule has 2 rings (SSSR count). The van der Waals surface area contributed by atoms with Gasteiger partial charge in [0.25, 0.3) is 0 Å². The number of rotatable bonds is 6. The third-order valence-electron chi connectivity index (χ3n) is 3.13. The molecule has 96 valence electrons. The maximum atomic E-state index is 3.55. The van der Waals surface area contributed by atoms with Crippen molar-refractivity contribution in [3.05, 3.63) is 56.7 Å². The molecule has 0 amide bonds. The summed E-state index contributed by atoms with van der Waals surface area (Å²) in [5.41, 5.74) is 2.87. The van der Waals surface area contributed by atoms with E-state index < -0.39 is 0 Å². The predicted molar refractivity (Wildman–Crippen MR) is 83.4 cm³/mol. The minimum absolute atomic E-state index is 0.576. The van der Waals surface area contributed by atoms with E-state index in [1.807, 2.05) is 7.05 Å². The summed E-state index contributed by atoms with van der Waals surface area (Å²) in [5, 5.41) is 7.70. The fraction of sp³-hybridized carbons (Fsp3) is 0.333. The van der Waals surface area contributed by atoms with E-state index >= 15 is 0 Å². The average molecular weight is 324 g/mol. The number of aryl methyl sites for hydroxylation is 1. The van der Waals surface area contributed by atoms with Gasteiger partial charge in [-0.25, -0.2) is 0 Å². The lowest BCUT2D eigenvalue weighted by atomic mass is 9.93. The van der Waals surface area contributed by atoms with Crippen molar-refractivity contribution >= 4 is 27.3 Å². The van der Waals surface area contributed by atoms with Crippen LogP contribution in [0.5, 0.6) is 0 Å². The van der Waals surface area contributed by atoms with E-state index in [0.29, 0.717) is 5.92 Å². The first-order valence-electron chi connectivity index (χ1n) is 6.20. The van der Waals surface area contributed by atoms with Crippen LogP contribution < -0.4 is 5.32 Å². The van der Waals surface area contributed by atoms with Crippen LogP contribution in [0.2, 0.25) is 0 Å². The van der Waals surface area contributed by atoms with Crippen molar-refractivity contribution < 1.29 is 0 Å². The van der Waals surface area contributed by atoms with Crippen molar-refractivity contribution in [3.8, 4) is 0 Å². The third kappa shape index (κ3) is 3.94. The molecule has 1 unspecified atom stereocenters. The molecule has 0 aliphatic carbocycles. The summed E-state index contributed by atoms with van der Waals surface area (Å²) in [4.78, 5) is 0. The normalized spacial score (nSPS) is 12.6. The van der Waals surface area contributed by atoms with Crippen molar-refractivity contribution in [2.45, 2.75) is 18.8 Å². The van der Waals surface area contributed by atoms with Gasteiger partial charge in [-0.05, 0) is 65.9 Å². The van der Waals surface area contributed by atoms with E-state index in [9.17, 15) is 0 Å². The zero-order chi connectivity index (χ0) is 12.8. The Morgan fingerprint density at radius 1 is 1.33 bits per heavy atom. The minimum Gasteiger partial charge on any atom is -0.319 e. The molecule has 18 heavy (non-hydrogen) atoms. The van der Waals surface area contributed by atoms with Crippen molar-refractivity contribution in [1.29, 1.82) is 0 Å². The van der Waals surface area contributed by atoms with E-state index in [-0.39, 0.29) is 0 Å². The van der Waals surface area contributed by atoms with E-state index in [1.165, 1.54) is 17.5 Å². The molecule has 0 spiro atoms. The molecule has 1 nitrogen and oxygen atoms in total. The lowest BCUT2D eigenvalue weighted by Crippen LogP contribution is -2.17. The molecule has 1 heterocycles. The predicted octanol–water partition coefficient (Wildman–Crippen LogP) is 4.45. The molecule has 0 fully saturated rings. The Hall–Kier alpha value is -0.640. The van der Waals surface area contributed by atoms with Gasteiger partial charge in [0.15, 0.2) is 0 Å². The Labute approximate surface area is 121 Å². The van der Waals surface area contributed by atoms with Gasteiger partial charge in [-0.15, -0.1) is 0 Å². The number of hydrogen-bond donors (Lipinski definition) is 1. The summed E-state index contributed by atoms with van der Waals surface area (Å²) in [7, 11) is 2.02. The molecule has 1 N–H and O–H groups in total. The molecule has 1 aromatic carbocycles. The number of thiophene rings is 1. The summed E-state index contributed by atoms with van der Waals surface area (Å²) < 4.78 is 1.16. The molecule has 0 radical (unpaired) electrons. The van der Waals surface area contributed by atoms with Crippen molar-refractivity contribution in [2.75, 3.05) is 13.6 Å². The number of hydrogen-bond acceptors (Lipinski definition) is 2. The highest BCUT2D eigenvalue weighted by atomic mass is 79.9. The smallest absolute Gasteiger partial charge is 0.0178 e. The highest BCUT2D eigenvalue weighted by Crippen LogP contribution is 2.24. The second kappa shape index (κ2) is 7.07.